The van der Waals surface area contributed by atoms with E-state index in [1.807, 2.05) is 0 Å². The third-order valence-corrected chi connectivity index (χ3v) is 3.69. The summed E-state index contributed by atoms with van der Waals surface area (Å²) in [6.07, 6.45) is -4.70. The number of pyridine rings is 2. The molecule has 0 bridgehead atoms. The minimum Gasteiger partial charge on any atom is -0.409 e. The lowest BCUT2D eigenvalue weighted by Crippen LogP contribution is -2.29. The van der Waals surface area contributed by atoms with Crippen LogP contribution in [0.1, 0.15) is 36.9 Å². The molecule has 1 atom stereocenters. The number of aliphatic hydroxyl groups is 1. The Kier molecular flexibility index (Phi) is 4.98. The summed E-state index contributed by atoms with van der Waals surface area (Å²) in [5, 5.41) is 10.5. The highest BCUT2D eigenvalue weighted by Gasteiger charge is 2.35. The fourth-order valence-electron chi connectivity index (χ4n) is 2.18. The van der Waals surface area contributed by atoms with E-state index in [-0.39, 0.29) is 17.1 Å². The molecule has 134 valence electrons. The number of primary amides is 1. The van der Waals surface area contributed by atoms with Gasteiger partial charge in [-0.15, -0.1) is 0 Å². The van der Waals surface area contributed by atoms with Crippen LogP contribution in [0.4, 0.5) is 18.0 Å². The first kappa shape index (κ1) is 18.7. The molecule has 2 aromatic rings. The number of ether oxygens (including phenoxy) is 1. The predicted molar refractivity (Wildman–Crippen MR) is 81.7 cm³/mol. The van der Waals surface area contributed by atoms with E-state index in [9.17, 15) is 23.1 Å². The Labute approximate surface area is 141 Å². The number of carbonyl (C=O) groups is 1. The highest BCUT2D eigenvalue weighted by molar-refractivity contribution is 5.67. The van der Waals surface area contributed by atoms with Gasteiger partial charge in [0, 0.05) is 17.3 Å². The molecule has 0 aliphatic carbocycles. The van der Waals surface area contributed by atoms with Crippen molar-refractivity contribution in [3.63, 3.8) is 0 Å². The molecule has 0 saturated carbocycles. The van der Waals surface area contributed by atoms with E-state index in [4.69, 9.17) is 5.73 Å². The van der Waals surface area contributed by atoms with E-state index < -0.39 is 29.4 Å². The molecule has 0 aromatic carbocycles. The van der Waals surface area contributed by atoms with Gasteiger partial charge in [0.1, 0.15) is 6.10 Å². The van der Waals surface area contributed by atoms with Crippen LogP contribution in [-0.2, 0) is 11.6 Å². The standard InChI is InChI=1S/C16H16F3N3O3/c1-15(2,12-6-3-9(7-22-12)16(17,18)19)13(23)11-5-4-10(8-21-11)25-14(20)24/h3-8,13,23H,1-2H3,(H2,20,24). The Morgan fingerprint density at radius 3 is 2.28 bits per heavy atom. The van der Waals surface area contributed by atoms with Crippen LogP contribution in [-0.4, -0.2) is 21.2 Å². The number of alkyl halides is 3. The normalized spacial score (nSPS) is 13.4. The molecule has 25 heavy (non-hydrogen) atoms. The number of aliphatic hydroxyl groups excluding tert-OH is 1. The Balaban J connectivity index is 2.24. The summed E-state index contributed by atoms with van der Waals surface area (Å²) in [7, 11) is 0. The van der Waals surface area contributed by atoms with E-state index in [1.54, 1.807) is 13.8 Å². The van der Waals surface area contributed by atoms with Crippen LogP contribution in [0.2, 0.25) is 0 Å². The van der Waals surface area contributed by atoms with Gasteiger partial charge in [0.2, 0.25) is 0 Å². The molecule has 2 heterocycles. The van der Waals surface area contributed by atoms with Gasteiger partial charge >= 0.3 is 12.3 Å². The number of halogens is 3. The molecule has 0 spiro atoms. The van der Waals surface area contributed by atoms with Crippen LogP contribution >= 0.6 is 0 Å². The van der Waals surface area contributed by atoms with E-state index >= 15 is 0 Å². The summed E-state index contributed by atoms with van der Waals surface area (Å²) < 4.78 is 42.5. The van der Waals surface area contributed by atoms with Crippen molar-refractivity contribution >= 4 is 6.09 Å². The lowest BCUT2D eigenvalue weighted by Gasteiger charge is -2.29. The fraction of sp³-hybridized carbons (Fsp3) is 0.312. The van der Waals surface area contributed by atoms with E-state index in [1.165, 1.54) is 24.4 Å². The number of aromatic nitrogens is 2. The molecule has 3 N–H and O–H groups in total. The van der Waals surface area contributed by atoms with E-state index in [0.717, 1.165) is 12.3 Å². The van der Waals surface area contributed by atoms with E-state index in [2.05, 4.69) is 14.7 Å². The van der Waals surface area contributed by atoms with Crippen LogP contribution in [0, 0.1) is 0 Å². The second-order valence-electron chi connectivity index (χ2n) is 5.89. The van der Waals surface area contributed by atoms with Crippen molar-refractivity contribution in [1.29, 1.82) is 0 Å². The fourth-order valence-corrected chi connectivity index (χ4v) is 2.18. The highest BCUT2D eigenvalue weighted by Crippen LogP contribution is 2.36. The van der Waals surface area contributed by atoms with Crippen LogP contribution in [0.3, 0.4) is 0 Å². The number of hydrogen-bond acceptors (Lipinski definition) is 5. The largest absolute Gasteiger partial charge is 0.417 e. The van der Waals surface area contributed by atoms with Gasteiger partial charge in [-0.2, -0.15) is 13.2 Å². The zero-order valence-corrected chi connectivity index (χ0v) is 13.4. The summed E-state index contributed by atoms with van der Waals surface area (Å²) in [5.41, 5.74) is 3.51. The van der Waals surface area contributed by atoms with Crippen molar-refractivity contribution in [2.75, 3.05) is 0 Å². The number of carbonyl (C=O) groups excluding carboxylic acids is 1. The molecular weight excluding hydrogens is 339 g/mol. The molecule has 2 rings (SSSR count). The number of rotatable bonds is 4. The first-order valence-electron chi connectivity index (χ1n) is 7.17. The van der Waals surface area contributed by atoms with Crippen LogP contribution < -0.4 is 10.5 Å². The van der Waals surface area contributed by atoms with Crippen molar-refractivity contribution in [2.24, 2.45) is 5.73 Å². The van der Waals surface area contributed by atoms with Gasteiger partial charge in [0.15, 0.2) is 5.75 Å². The van der Waals surface area contributed by atoms with Crippen LogP contribution in [0.25, 0.3) is 0 Å². The first-order chi connectivity index (χ1) is 11.5. The Bertz CT molecular complexity index is 744. The van der Waals surface area contributed by atoms with Gasteiger partial charge < -0.3 is 15.6 Å². The van der Waals surface area contributed by atoms with Crippen LogP contribution in [0.5, 0.6) is 5.75 Å². The second kappa shape index (κ2) is 6.67. The molecule has 2 aromatic heterocycles. The molecule has 1 amide bonds. The average Bonchev–Trinajstić information content (AvgIpc) is 2.53. The molecule has 0 fully saturated rings. The Morgan fingerprint density at radius 2 is 1.84 bits per heavy atom. The third kappa shape index (κ3) is 4.24. The van der Waals surface area contributed by atoms with Gasteiger partial charge in [-0.1, -0.05) is 13.8 Å². The zero-order valence-electron chi connectivity index (χ0n) is 13.4. The molecule has 0 radical (unpaired) electrons. The maximum atomic E-state index is 12.6. The number of nitrogens with zero attached hydrogens (tertiary/aromatic N) is 2. The first-order valence-corrected chi connectivity index (χ1v) is 7.17. The maximum absolute atomic E-state index is 12.6. The van der Waals surface area contributed by atoms with Crippen LogP contribution in [0.15, 0.2) is 36.7 Å². The Hall–Kier alpha value is -2.68. The molecule has 1 unspecified atom stereocenters. The molecule has 0 aliphatic heterocycles. The quantitative estimate of drug-likeness (QED) is 0.879. The smallest absolute Gasteiger partial charge is 0.409 e. The maximum Gasteiger partial charge on any atom is 0.417 e. The monoisotopic (exact) mass is 355 g/mol. The highest BCUT2D eigenvalue weighted by atomic mass is 19.4. The number of hydrogen-bond donors (Lipinski definition) is 2. The predicted octanol–water partition coefficient (Wildman–Crippen LogP) is 2.96. The topological polar surface area (TPSA) is 98.3 Å². The molecule has 6 nitrogen and oxygen atoms in total. The van der Waals surface area contributed by atoms with Gasteiger partial charge in [-0.05, 0) is 24.3 Å². The summed E-state index contributed by atoms with van der Waals surface area (Å²) in [6, 6.07) is 4.95. The van der Waals surface area contributed by atoms with Gasteiger partial charge in [0.05, 0.1) is 17.5 Å². The number of nitrogens with two attached hydrogens (primary N) is 1. The van der Waals surface area contributed by atoms with Gasteiger partial charge in [0.25, 0.3) is 0 Å². The van der Waals surface area contributed by atoms with Crippen molar-refractivity contribution < 1.29 is 27.8 Å². The molecule has 0 aliphatic rings. The Morgan fingerprint density at radius 1 is 1.16 bits per heavy atom. The zero-order chi connectivity index (χ0) is 18.8. The van der Waals surface area contributed by atoms with Crippen molar-refractivity contribution in [3.8, 4) is 5.75 Å². The minimum absolute atomic E-state index is 0.105. The summed E-state index contributed by atoms with van der Waals surface area (Å²) in [5.74, 6) is 0.105. The van der Waals surface area contributed by atoms with Gasteiger partial charge in [-0.25, -0.2) is 4.79 Å². The van der Waals surface area contributed by atoms with Crippen molar-refractivity contribution in [1.82, 2.24) is 9.97 Å². The SMILES string of the molecule is CC(C)(c1ccc(C(F)(F)F)cn1)C(O)c1ccc(OC(N)=O)cn1. The summed E-state index contributed by atoms with van der Waals surface area (Å²) >= 11 is 0. The number of amides is 1. The van der Waals surface area contributed by atoms with Crippen molar-refractivity contribution in [3.05, 3.63) is 53.6 Å². The summed E-state index contributed by atoms with van der Waals surface area (Å²) in [6.45, 7) is 3.26. The van der Waals surface area contributed by atoms with E-state index in [0.29, 0.717) is 0 Å². The molecule has 9 heteroatoms. The minimum atomic E-state index is -4.48. The van der Waals surface area contributed by atoms with Gasteiger partial charge in [-0.3, -0.25) is 9.97 Å². The lowest BCUT2D eigenvalue weighted by atomic mass is 9.81. The second-order valence-corrected chi connectivity index (χ2v) is 5.89. The average molecular weight is 355 g/mol. The molecular formula is C16H16F3N3O3. The third-order valence-electron chi connectivity index (χ3n) is 3.69. The summed E-state index contributed by atoms with van der Waals surface area (Å²) in [4.78, 5) is 18.5. The van der Waals surface area contributed by atoms with Crippen molar-refractivity contribution in [2.45, 2.75) is 31.5 Å². The lowest BCUT2D eigenvalue weighted by molar-refractivity contribution is -0.137. The molecule has 0 saturated heterocycles.